The fourth-order valence-corrected chi connectivity index (χ4v) is 2.38. The van der Waals surface area contributed by atoms with Gasteiger partial charge in [-0.3, -0.25) is 9.69 Å². The van der Waals surface area contributed by atoms with Crippen molar-refractivity contribution in [3.63, 3.8) is 0 Å². The zero-order valence-corrected chi connectivity index (χ0v) is 12.0. The van der Waals surface area contributed by atoms with E-state index in [2.05, 4.69) is 26.1 Å². The number of halogens is 1. The Labute approximate surface area is 116 Å². The minimum Gasteiger partial charge on any atom is -0.326 e. The number of nitrogens with two attached hydrogens (primary N) is 1. The maximum Gasteiger partial charge on any atom is 0.238 e. The summed E-state index contributed by atoms with van der Waals surface area (Å²) in [5, 5.41) is 2.91. The quantitative estimate of drug-likeness (QED) is 0.894. The van der Waals surface area contributed by atoms with Crippen molar-refractivity contribution in [2.45, 2.75) is 19.4 Å². The molecule has 5 heteroatoms. The predicted octanol–water partition coefficient (Wildman–Crippen LogP) is 1.73. The molecule has 0 saturated carbocycles. The van der Waals surface area contributed by atoms with Gasteiger partial charge in [0.1, 0.15) is 0 Å². The van der Waals surface area contributed by atoms with E-state index in [-0.39, 0.29) is 11.9 Å². The van der Waals surface area contributed by atoms with Gasteiger partial charge in [0.05, 0.1) is 6.54 Å². The van der Waals surface area contributed by atoms with Crippen LogP contribution in [0.1, 0.15) is 12.0 Å². The number of benzene rings is 1. The lowest BCUT2D eigenvalue weighted by Gasteiger charge is -2.15. The van der Waals surface area contributed by atoms with Crippen LogP contribution in [-0.4, -0.2) is 36.5 Å². The molecule has 0 spiro atoms. The first kappa shape index (κ1) is 13.5. The molecule has 1 amide bonds. The van der Waals surface area contributed by atoms with Crippen molar-refractivity contribution in [2.24, 2.45) is 5.73 Å². The van der Waals surface area contributed by atoms with Crippen molar-refractivity contribution in [2.75, 3.05) is 25.0 Å². The zero-order chi connectivity index (χ0) is 13.1. The van der Waals surface area contributed by atoms with Crippen LogP contribution in [0.2, 0.25) is 0 Å². The highest BCUT2D eigenvalue weighted by Gasteiger charge is 2.20. The monoisotopic (exact) mass is 311 g/mol. The lowest BCUT2D eigenvalue weighted by atomic mass is 10.2. The Morgan fingerprint density at radius 3 is 3.00 bits per heavy atom. The number of amides is 1. The average Bonchev–Trinajstić information content (AvgIpc) is 2.69. The van der Waals surface area contributed by atoms with E-state index in [1.807, 2.05) is 25.1 Å². The highest BCUT2D eigenvalue weighted by molar-refractivity contribution is 9.10. The molecule has 1 aliphatic heterocycles. The summed E-state index contributed by atoms with van der Waals surface area (Å²) in [5.41, 5.74) is 7.76. The Balaban J connectivity index is 1.89. The van der Waals surface area contributed by atoms with Crippen molar-refractivity contribution < 1.29 is 4.79 Å². The minimum absolute atomic E-state index is 0.0193. The third kappa shape index (κ3) is 3.54. The van der Waals surface area contributed by atoms with Gasteiger partial charge < -0.3 is 11.1 Å². The maximum atomic E-state index is 11.9. The van der Waals surface area contributed by atoms with Crippen molar-refractivity contribution in [1.82, 2.24) is 4.90 Å². The smallest absolute Gasteiger partial charge is 0.238 e. The summed E-state index contributed by atoms with van der Waals surface area (Å²) >= 11 is 3.44. The fraction of sp³-hybridized carbons (Fsp3) is 0.462. The lowest BCUT2D eigenvalue weighted by Crippen LogP contribution is -2.33. The molecule has 0 aliphatic carbocycles. The van der Waals surface area contributed by atoms with Crippen LogP contribution < -0.4 is 11.1 Å². The van der Waals surface area contributed by atoms with Crippen LogP contribution in [-0.2, 0) is 4.79 Å². The molecule has 1 atom stereocenters. The van der Waals surface area contributed by atoms with Crippen LogP contribution in [0.15, 0.2) is 22.7 Å². The molecular formula is C13H18BrN3O. The van der Waals surface area contributed by atoms with E-state index < -0.39 is 0 Å². The summed E-state index contributed by atoms with van der Waals surface area (Å²) in [7, 11) is 0. The molecule has 98 valence electrons. The molecule has 1 heterocycles. The average molecular weight is 312 g/mol. The zero-order valence-electron chi connectivity index (χ0n) is 10.4. The molecule has 1 aromatic rings. The van der Waals surface area contributed by atoms with Gasteiger partial charge in [-0.15, -0.1) is 0 Å². The number of aryl methyl sites for hydroxylation is 1. The standard InChI is InChI=1S/C13H18BrN3O/c1-9-6-11(2-3-12(9)14)16-13(18)8-17-5-4-10(15)7-17/h2-3,6,10H,4-5,7-8,15H2,1H3,(H,16,18). The van der Waals surface area contributed by atoms with E-state index >= 15 is 0 Å². The van der Waals surface area contributed by atoms with Gasteiger partial charge in [0, 0.05) is 29.3 Å². The number of rotatable bonds is 3. The largest absolute Gasteiger partial charge is 0.326 e. The molecule has 1 aliphatic rings. The van der Waals surface area contributed by atoms with E-state index in [1.165, 1.54) is 0 Å². The summed E-state index contributed by atoms with van der Waals surface area (Å²) in [4.78, 5) is 14.0. The highest BCUT2D eigenvalue weighted by atomic mass is 79.9. The molecule has 1 aromatic carbocycles. The van der Waals surface area contributed by atoms with Gasteiger partial charge in [0.2, 0.25) is 5.91 Å². The predicted molar refractivity (Wildman–Crippen MR) is 76.5 cm³/mol. The number of nitrogens with zero attached hydrogens (tertiary/aromatic N) is 1. The highest BCUT2D eigenvalue weighted by Crippen LogP contribution is 2.20. The summed E-state index contributed by atoms with van der Waals surface area (Å²) < 4.78 is 1.05. The van der Waals surface area contributed by atoms with Gasteiger partial charge in [-0.1, -0.05) is 15.9 Å². The number of anilines is 1. The van der Waals surface area contributed by atoms with Crippen molar-refractivity contribution >= 4 is 27.5 Å². The van der Waals surface area contributed by atoms with Gasteiger partial charge >= 0.3 is 0 Å². The van der Waals surface area contributed by atoms with Crippen LogP contribution in [0, 0.1) is 6.92 Å². The molecule has 0 aromatic heterocycles. The molecular weight excluding hydrogens is 294 g/mol. The van der Waals surface area contributed by atoms with Gasteiger partial charge in [-0.2, -0.15) is 0 Å². The summed E-state index contributed by atoms with van der Waals surface area (Å²) in [6.45, 7) is 4.14. The van der Waals surface area contributed by atoms with E-state index in [0.717, 1.165) is 35.2 Å². The first-order chi connectivity index (χ1) is 8.54. The summed E-state index contributed by atoms with van der Waals surface area (Å²) in [6.07, 6.45) is 0.977. The molecule has 3 N–H and O–H groups in total. The van der Waals surface area contributed by atoms with E-state index in [1.54, 1.807) is 0 Å². The van der Waals surface area contributed by atoms with Crippen LogP contribution in [0.3, 0.4) is 0 Å². The molecule has 1 fully saturated rings. The Bertz CT molecular complexity index is 450. The van der Waals surface area contributed by atoms with E-state index in [4.69, 9.17) is 5.73 Å². The third-order valence-electron chi connectivity index (χ3n) is 3.12. The number of hydrogen-bond donors (Lipinski definition) is 2. The number of carbonyl (C=O) groups is 1. The second kappa shape index (κ2) is 5.82. The summed E-state index contributed by atoms with van der Waals surface area (Å²) in [6, 6.07) is 6.01. The molecule has 0 radical (unpaired) electrons. The molecule has 4 nitrogen and oxygen atoms in total. The van der Waals surface area contributed by atoms with Crippen molar-refractivity contribution in [1.29, 1.82) is 0 Å². The van der Waals surface area contributed by atoms with Gasteiger partial charge in [-0.25, -0.2) is 0 Å². The summed E-state index contributed by atoms with van der Waals surface area (Å²) in [5.74, 6) is 0.0193. The Morgan fingerprint density at radius 2 is 2.39 bits per heavy atom. The first-order valence-electron chi connectivity index (χ1n) is 6.08. The second-order valence-electron chi connectivity index (χ2n) is 4.80. The Morgan fingerprint density at radius 1 is 1.61 bits per heavy atom. The van der Waals surface area contributed by atoms with E-state index in [9.17, 15) is 4.79 Å². The third-order valence-corrected chi connectivity index (χ3v) is 4.01. The van der Waals surface area contributed by atoms with Crippen LogP contribution in [0.5, 0.6) is 0 Å². The second-order valence-corrected chi connectivity index (χ2v) is 5.65. The normalized spacial score (nSPS) is 20.1. The van der Waals surface area contributed by atoms with Crippen LogP contribution in [0.4, 0.5) is 5.69 Å². The van der Waals surface area contributed by atoms with Gasteiger partial charge in [-0.05, 0) is 37.1 Å². The van der Waals surface area contributed by atoms with E-state index in [0.29, 0.717) is 6.54 Å². The molecule has 18 heavy (non-hydrogen) atoms. The number of carbonyl (C=O) groups excluding carboxylic acids is 1. The van der Waals surface area contributed by atoms with Crippen LogP contribution >= 0.6 is 15.9 Å². The fourth-order valence-electron chi connectivity index (χ4n) is 2.13. The molecule has 1 saturated heterocycles. The van der Waals surface area contributed by atoms with Gasteiger partial charge in [0.25, 0.3) is 0 Å². The van der Waals surface area contributed by atoms with Crippen molar-refractivity contribution in [3.05, 3.63) is 28.2 Å². The molecule has 2 rings (SSSR count). The lowest BCUT2D eigenvalue weighted by molar-refractivity contribution is -0.117. The van der Waals surface area contributed by atoms with Crippen LogP contribution in [0.25, 0.3) is 0 Å². The van der Waals surface area contributed by atoms with Crippen molar-refractivity contribution in [3.8, 4) is 0 Å². The molecule has 1 unspecified atom stereocenters. The molecule has 0 bridgehead atoms. The number of likely N-dealkylation sites (tertiary alicyclic amines) is 1. The first-order valence-corrected chi connectivity index (χ1v) is 6.88. The van der Waals surface area contributed by atoms with Gasteiger partial charge in [0.15, 0.2) is 0 Å². The minimum atomic E-state index is 0.0193. The number of hydrogen-bond acceptors (Lipinski definition) is 3. The maximum absolute atomic E-state index is 11.9. The number of nitrogens with one attached hydrogen (secondary N) is 1. The topological polar surface area (TPSA) is 58.4 Å². The Hall–Kier alpha value is -0.910. The SMILES string of the molecule is Cc1cc(NC(=O)CN2CCC(N)C2)ccc1Br. The Kier molecular flexibility index (Phi) is 4.37.